The summed E-state index contributed by atoms with van der Waals surface area (Å²) in [4.78, 5) is 5.93. The lowest BCUT2D eigenvalue weighted by Gasteiger charge is -2.15. The van der Waals surface area contributed by atoms with Gasteiger partial charge in [-0.25, -0.2) is 4.99 Å². The summed E-state index contributed by atoms with van der Waals surface area (Å²) >= 11 is 0. The van der Waals surface area contributed by atoms with Crippen molar-refractivity contribution in [1.29, 1.82) is 0 Å². The Morgan fingerprint density at radius 3 is 2.75 bits per heavy atom. The van der Waals surface area contributed by atoms with E-state index in [2.05, 4.69) is 10.1 Å². The Balaban J connectivity index is 2.17. The van der Waals surface area contributed by atoms with E-state index in [1.54, 1.807) is 17.3 Å². The summed E-state index contributed by atoms with van der Waals surface area (Å²) in [5.41, 5.74) is -0.245. The number of hydrogen-bond acceptors (Lipinski definition) is 3. The molecule has 0 aliphatic carbocycles. The van der Waals surface area contributed by atoms with Crippen molar-refractivity contribution in [1.82, 2.24) is 4.90 Å². The van der Waals surface area contributed by atoms with E-state index >= 15 is 0 Å². The van der Waals surface area contributed by atoms with Gasteiger partial charge in [-0.3, -0.25) is 5.01 Å². The lowest BCUT2D eigenvalue weighted by Crippen LogP contribution is -2.13. The van der Waals surface area contributed by atoms with Crippen molar-refractivity contribution in [3.05, 3.63) is 29.8 Å². The highest BCUT2D eigenvalue weighted by Gasteiger charge is 2.31. The monoisotopic (exact) mass is 284 g/mol. The van der Waals surface area contributed by atoms with Crippen LogP contribution in [0, 0.1) is 0 Å². The summed E-state index contributed by atoms with van der Waals surface area (Å²) in [6.45, 7) is 0.529. The fourth-order valence-electron chi connectivity index (χ4n) is 1.75. The van der Waals surface area contributed by atoms with E-state index in [4.69, 9.17) is 0 Å². The van der Waals surface area contributed by atoms with Gasteiger partial charge in [0.05, 0.1) is 17.6 Å². The van der Waals surface area contributed by atoms with Crippen LogP contribution in [-0.4, -0.2) is 37.7 Å². The van der Waals surface area contributed by atoms with E-state index in [-0.39, 0.29) is 0 Å². The quantitative estimate of drug-likeness (QED) is 0.617. The molecule has 0 bridgehead atoms. The van der Waals surface area contributed by atoms with Crippen molar-refractivity contribution in [3.8, 4) is 0 Å². The van der Waals surface area contributed by atoms with Crippen LogP contribution in [0.15, 0.2) is 34.4 Å². The van der Waals surface area contributed by atoms with Crippen molar-refractivity contribution < 1.29 is 13.2 Å². The Morgan fingerprint density at radius 2 is 2.10 bits per heavy atom. The molecule has 2 rings (SSSR count). The first kappa shape index (κ1) is 14.4. The largest absolute Gasteiger partial charge is 0.416 e. The zero-order valence-corrected chi connectivity index (χ0v) is 11.2. The van der Waals surface area contributed by atoms with E-state index in [1.165, 1.54) is 11.1 Å². The molecule has 108 valence electrons. The lowest BCUT2D eigenvalue weighted by molar-refractivity contribution is -0.137. The van der Waals surface area contributed by atoms with Crippen LogP contribution in [0.3, 0.4) is 0 Å². The molecule has 0 radical (unpaired) electrons. The first-order chi connectivity index (χ1) is 9.36. The molecule has 0 spiro atoms. The maximum atomic E-state index is 12.7. The molecule has 0 fully saturated rings. The number of aliphatic imine (C=N–C) groups is 1. The van der Waals surface area contributed by atoms with E-state index in [1.807, 2.05) is 14.1 Å². The van der Waals surface area contributed by atoms with Crippen molar-refractivity contribution in [2.24, 2.45) is 10.1 Å². The van der Waals surface area contributed by atoms with Crippen molar-refractivity contribution in [2.75, 3.05) is 25.6 Å². The number of amidine groups is 1. The second kappa shape index (κ2) is 5.52. The van der Waals surface area contributed by atoms with Gasteiger partial charge in [0.15, 0.2) is 5.84 Å². The number of benzene rings is 1. The van der Waals surface area contributed by atoms with Crippen LogP contribution in [0.5, 0.6) is 0 Å². The first-order valence-electron chi connectivity index (χ1n) is 6.09. The lowest BCUT2D eigenvalue weighted by atomic mass is 10.2. The molecule has 0 aromatic heterocycles. The number of hydrogen-bond donors (Lipinski definition) is 0. The second-order valence-corrected chi connectivity index (χ2v) is 4.65. The van der Waals surface area contributed by atoms with Gasteiger partial charge in [-0.05, 0) is 18.2 Å². The highest BCUT2D eigenvalue weighted by atomic mass is 19.4. The molecule has 0 saturated carbocycles. The molecule has 0 atom stereocenters. The predicted octanol–water partition coefficient (Wildman–Crippen LogP) is 2.82. The molecule has 1 aromatic carbocycles. The average molecular weight is 284 g/mol. The van der Waals surface area contributed by atoms with E-state index in [0.717, 1.165) is 12.1 Å². The molecule has 0 amide bonds. The Bertz CT molecular complexity index is 535. The summed E-state index contributed by atoms with van der Waals surface area (Å²) in [6.07, 6.45) is -2.11. The van der Waals surface area contributed by atoms with Gasteiger partial charge in [0.25, 0.3) is 0 Å². The van der Waals surface area contributed by atoms with Crippen LogP contribution in [-0.2, 0) is 6.18 Å². The van der Waals surface area contributed by atoms with E-state index in [9.17, 15) is 13.2 Å². The smallest absolute Gasteiger partial charge is 0.369 e. The summed E-state index contributed by atoms with van der Waals surface area (Å²) in [6, 6.07) is 5.14. The molecule has 1 aliphatic rings. The number of anilines is 1. The first-order valence-corrected chi connectivity index (χ1v) is 6.09. The Labute approximate surface area is 115 Å². The minimum atomic E-state index is -4.34. The number of halogens is 3. The maximum Gasteiger partial charge on any atom is 0.416 e. The molecule has 0 unspecified atom stereocenters. The van der Waals surface area contributed by atoms with Crippen LogP contribution in [0.4, 0.5) is 18.9 Å². The number of nitrogens with zero attached hydrogens (tertiary/aromatic N) is 4. The highest BCUT2D eigenvalue weighted by Crippen LogP contribution is 2.32. The van der Waals surface area contributed by atoms with Gasteiger partial charge < -0.3 is 4.90 Å². The van der Waals surface area contributed by atoms with Crippen LogP contribution in [0.25, 0.3) is 0 Å². The van der Waals surface area contributed by atoms with Gasteiger partial charge in [-0.15, -0.1) is 0 Å². The Kier molecular flexibility index (Phi) is 3.96. The SMILES string of the molecule is CN(C)C=NC1=NN(c2cccc(C(F)(F)F)c2)CC1. The van der Waals surface area contributed by atoms with Crippen LogP contribution < -0.4 is 5.01 Å². The summed E-state index contributed by atoms with van der Waals surface area (Å²) in [5.74, 6) is 0.608. The van der Waals surface area contributed by atoms with Gasteiger partial charge in [-0.1, -0.05) is 6.07 Å². The summed E-state index contributed by atoms with van der Waals surface area (Å²) in [5, 5.41) is 5.75. The third-order valence-electron chi connectivity index (χ3n) is 2.69. The zero-order chi connectivity index (χ0) is 14.8. The van der Waals surface area contributed by atoms with E-state index < -0.39 is 11.7 Å². The van der Waals surface area contributed by atoms with Crippen LogP contribution in [0.1, 0.15) is 12.0 Å². The Hall–Kier alpha value is -2.05. The molecule has 1 heterocycles. The maximum absolute atomic E-state index is 12.7. The number of rotatable bonds is 2. The third-order valence-corrected chi connectivity index (χ3v) is 2.69. The fraction of sp³-hybridized carbons (Fsp3) is 0.385. The standard InChI is InChI=1S/C13H15F3N4/c1-19(2)9-17-12-6-7-20(18-12)11-5-3-4-10(8-11)13(14,15)16/h3-5,8-9H,6-7H2,1-2H3. The average Bonchev–Trinajstić information content (AvgIpc) is 2.84. The van der Waals surface area contributed by atoms with E-state index in [0.29, 0.717) is 24.5 Å². The van der Waals surface area contributed by atoms with Gasteiger partial charge in [-0.2, -0.15) is 18.3 Å². The van der Waals surface area contributed by atoms with Gasteiger partial charge in [0.1, 0.15) is 0 Å². The highest BCUT2D eigenvalue weighted by molar-refractivity contribution is 5.91. The molecule has 0 N–H and O–H groups in total. The summed E-state index contributed by atoms with van der Waals surface area (Å²) < 4.78 is 38.0. The van der Waals surface area contributed by atoms with Crippen molar-refractivity contribution in [3.63, 3.8) is 0 Å². The topological polar surface area (TPSA) is 31.2 Å². The molecule has 7 heteroatoms. The predicted molar refractivity (Wildman–Crippen MR) is 73.0 cm³/mol. The molecular formula is C13H15F3N4. The zero-order valence-electron chi connectivity index (χ0n) is 11.2. The minimum absolute atomic E-state index is 0.426. The molecule has 1 aromatic rings. The van der Waals surface area contributed by atoms with Crippen LogP contribution in [0.2, 0.25) is 0 Å². The van der Waals surface area contributed by atoms with Gasteiger partial charge in [0.2, 0.25) is 0 Å². The molecule has 20 heavy (non-hydrogen) atoms. The minimum Gasteiger partial charge on any atom is -0.369 e. The molecule has 1 aliphatic heterocycles. The number of hydrazone groups is 1. The van der Waals surface area contributed by atoms with Gasteiger partial charge in [0, 0.05) is 27.1 Å². The fourth-order valence-corrected chi connectivity index (χ4v) is 1.75. The normalized spacial score (nSPS) is 15.8. The summed E-state index contributed by atoms with van der Waals surface area (Å²) in [7, 11) is 3.67. The molecule has 4 nitrogen and oxygen atoms in total. The molecular weight excluding hydrogens is 269 g/mol. The van der Waals surface area contributed by atoms with Crippen molar-refractivity contribution >= 4 is 17.9 Å². The second-order valence-electron chi connectivity index (χ2n) is 4.65. The van der Waals surface area contributed by atoms with Crippen molar-refractivity contribution in [2.45, 2.75) is 12.6 Å². The van der Waals surface area contributed by atoms with Gasteiger partial charge >= 0.3 is 6.18 Å². The molecule has 0 saturated heterocycles. The van der Waals surface area contributed by atoms with Crippen LogP contribution >= 0.6 is 0 Å². The third kappa shape index (κ3) is 3.49. The Morgan fingerprint density at radius 1 is 1.35 bits per heavy atom. The number of alkyl halides is 3.